The van der Waals surface area contributed by atoms with Gasteiger partial charge in [-0.25, -0.2) is 0 Å². The lowest BCUT2D eigenvalue weighted by Gasteiger charge is -2.33. The number of alkyl halides is 3. The molecule has 1 aromatic rings. The van der Waals surface area contributed by atoms with E-state index in [1.807, 2.05) is 0 Å². The molecular formula is C11H14ClF3N4. The third-order valence-corrected chi connectivity index (χ3v) is 3.39. The molecule has 2 rings (SSSR count). The molecule has 1 N–H and O–H groups in total. The van der Waals surface area contributed by atoms with Gasteiger partial charge in [-0.3, -0.25) is 0 Å². The van der Waals surface area contributed by atoms with Gasteiger partial charge in [0, 0.05) is 19.6 Å². The maximum atomic E-state index is 13.0. The monoisotopic (exact) mass is 294 g/mol. The Hall–Kier alpha value is -1.08. The first kappa shape index (κ1) is 14.3. The first-order valence-electron chi connectivity index (χ1n) is 5.93. The van der Waals surface area contributed by atoms with Crippen molar-refractivity contribution in [2.45, 2.75) is 25.1 Å². The van der Waals surface area contributed by atoms with Gasteiger partial charge in [-0.2, -0.15) is 13.2 Å². The van der Waals surface area contributed by atoms with Crippen molar-refractivity contribution in [2.24, 2.45) is 0 Å². The van der Waals surface area contributed by atoms with Crippen LogP contribution in [0.15, 0.2) is 6.07 Å². The summed E-state index contributed by atoms with van der Waals surface area (Å²) in [6, 6.07) is 0.793. The van der Waals surface area contributed by atoms with Gasteiger partial charge in [-0.05, 0) is 25.5 Å². The van der Waals surface area contributed by atoms with Crippen LogP contribution in [0.1, 0.15) is 18.4 Å². The van der Waals surface area contributed by atoms with E-state index in [-0.39, 0.29) is 17.0 Å². The van der Waals surface area contributed by atoms with Crippen LogP contribution < -0.4 is 10.2 Å². The SMILES string of the molecule is CN(c1nnc(Cl)cc1C(F)(F)F)[C@@H]1CCCNC1. The summed E-state index contributed by atoms with van der Waals surface area (Å²) >= 11 is 5.51. The zero-order valence-corrected chi connectivity index (χ0v) is 11.1. The van der Waals surface area contributed by atoms with Crippen molar-refractivity contribution >= 4 is 17.4 Å². The van der Waals surface area contributed by atoms with Gasteiger partial charge in [0.15, 0.2) is 11.0 Å². The standard InChI is InChI=1S/C11H14ClF3N4/c1-19(7-3-2-4-16-6-7)10-8(11(13,14)15)5-9(12)17-18-10/h5,7,16H,2-4,6H2,1H3/t7-/m1/s1. The molecule has 0 saturated carbocycles. The zero-order valence-electron chi connectivity index (χ0n) is 10.3. The van der Waals surface area contributed by atoms with Crippen LogP contribution in [0.5, 0.6) is 0 Å². The van der Waals surface area contributed by atoms with Gasteiger partial charge in [0.1, 0.15) is 5.56 Å². The predicted octanol–water partition coefficient (Wildman–Crippen LogP) is 2.34. The fourth-order valence-electron chi connectivity index (χ4n) is 2.17. The van der Waals surface area contributed by atoms with Gasteiger partial charge < -0.3 is 10.2 Å². The average molecular weight is 295 g/mol. The fourth-order valence-corrected chi connectivity index (χ4v) is 2.31. The first-order valence-corrected chi connectivity index (χ1v) is 6.31. The molecule has 1 fully saturated rings. The molecule has 0 aromatic carbocycles. The zero-order chi connectivity index (χ0) is 14.0. The molecule has 1 aromatic heterocycles. The van der Waals surface area contributed by atoms with Gasteiger partial charge in [-0.1, -0.05) is 11.6 Å². The van der Waals surface area contributed by atoms with Gasteiger partial charge in [-0.15, -0.1) is 10.2 Å². The minimum absolute atomic E-state index is 0.0228. The molecule has 0 bridgehead atoms. The number of rotatable bonds is 2. The predicted molar refractivity (Wildman–Crippen MR) is 66.3 cm³/mol. The Morgan fingerprint density at radius 3 is 2.74 bits per heavy atom. The second-order valence-electron chi connectivity index (χ2n) is 4.51. The molecule has 106 valence electrons. The molecular weight excluding hydrogens is 281 g/mol. The summed E-state index contributed by atoms with van der Waals surface area (Å²) in [5.41, 5.74) is -0.847. The molecule has 1 atom stereocenters. The highest BCUT2D eigenvalue weighted by atomic mass is 35.5. The van der Waals surface area contributed by atoms with Crippen molar-refractivity contribution < 1.29 is 13.2 Å². The lowest BCUT2D eigenvalue weighted by molar-refractivity contribution is -0.137. The number of likely N-dealkylation sites (N-methyl/N-ethyl adjacent to an activating group) is 1. The van der Waals surface area contributed by atoms with E-state index in [0.29, 0.717) is 6.54 Å². The number of hydrogen-bond donors (Lipinski definition) is 1. The second-order valence-corrected chi connectivity index (χ2v) is 4.90. The van der Waals surface area contributed by atoms with Crippen LogP contribution >= 0.6 is 11.6 Å². The van der Waals surface area contributed by atoms with Gasteiger partial charge in [0.2, 0.25) is 0 Å². The Labute approximate surface area is 113 Å². The van der Waals surface area contributed by atoms with E-state index in [2.05, 4.69) is 15.5 Å². The number of anilines is 1. The topological polar surface area (TPSA) is 41.1 Å². The van der Waals surface area contributed by atoms with E-state index in [9.17, 15) is 13.2 Å². The molecule has 0 unspecified atom stereocenters. The van der Waals surface area contributed by atoms with Crippen molar-refractivity contribution in [1.82, 2.24) is 15.5 Å². The second kappa shape index (κ2) is 5.50. The Morgan fingerprint density at radius 2 is 2.16 bits per heavy atom. The molecule has 2 heterocycles. The molecule has 4 nitrogen and oxygen atoms in total. The van der Waals surface area contributed by atoms with Crippen molar-refractivity contribution in [1.29, 1.82) is 0 Å². The van der Waals surface area contributed by atoms with Crippen LogP contribution in [0.3, 0.4) is 0 Å². The van der Waals surface area contributed by atoms with Crippen LogP contribution in [0.2, 0.25) is 5.15 Å². The van der Waals surface area contributed by atoms with Crippen LogP contribution in [0.25, 0.3) is 0 Å². The molecule has 19 heavy (non-hydrogen) atoms. The molecule has 0 spiro atoms. The normalized spacial score (nSPS) is 20.4. The lowest BCUT2D eigenvalue weighted by atomic mass is 10.1. The minimum Gasteiger partial charge on any atom is -0.353 e. The Bertz CT molecular complexity index is 446. The van der Waals surface area contributed by atoms with Crippen molar-refractivity contribution in [3.8, 4) is 0 Å². The van der Waals surface area contributed by atoms with E-state index in [0.717, 1.165) is 25.5 Å². The highest BCUT2D eigenvalue weighted by Crippen LogP contribution is 2.36. The molecule has 1 aliphatic heterocycles. The van der Waals surface area contributed by atoms with Crippen molar-refractivity contribution in [2.75, 3.05) is 25.0 Å². The first-order chi connectivity index (χ1) is 8.89. The van der Waals surface area contributed by atoms with Gasteiger partial charge >= 0.3 is 6.18 Å². The Kier molecular flexibility index (Phi) is 4.15. The summed E-state index contributed by atoms with van der Waals surface area (Å²) in [7, 11) is 1.60. The van der Waals surface area contributed by atoms with Gasteiger partial charge in [0.25, 0.3) is 0 Å². The quantitative estimate of drug-likeness (QED) is 0.909. The number of nitrogens with zero attached hydrogens (tertiary/aromatic N) is 3. The third kappa shape index (κ3) is 3.27. The maximum Gasteiger partial charge on any atom is 0.420 e. The summed E-state index contributed by atoms with van der Waals surface area (Å²) in [5.74, 6) is -0.175. The largest absolute Gasteiger partial charge is 0.420 e. The molecule has 0 amide bonds. The fraction of sp³-hybridized carbons (Fsp3) is 0.636. The summed E-state index contributed by atoms with van der Waals surface area (Å²) in [6.45, 7) is 1.53. The maximum absolute atomic E-state index is 13.0. The van der Waals surface area contributed by atoms with E-state index in [1.54, 1.807) is 7.05 Å². The summed E-state index contributed by atoms with van der Waals surface area (Å²) in [6.07, 6.45) is -2.74. The molecule has 8 heteroatoms. The lowest BCUT2D eigenvalue weighted by Crippen LogP contribution is -2.45. The van der Waals surface area contributed by atoms with Crippen LogP contribution in [0.4, 0.5) is 19.0 Å². The molecule has 1 saturated heterocycles. The van der Waals surface area contributed by atoms with E-state index >= 15 is 0 Å². The number of aromatic nitrogens is 2. The number of hydrogen-bond acceptors (Lipinski definition) is 4. The Balaban J connectivity index is 2.32. The van der Waals surface area contributed by atoms with E-state index in [1.165, 1.54) is 4.90 Å². The minimum atomic E-state index is -4.49. The third-order valence-electron chi connectivity index (χ3n) is 3.20. The highest BCUT2D eigenvalue weighted by Gasteiger charge is 2.37. The molecule has 1 aliphatic rings. The number of nitrogens with one attached hydrogen (secondary N) is 1. The molecule has 0 aliphatic carbocycles. The summed E-state index contributed by atoms with van der Waals surface area (Å²) < 4.78 is 39.0. The van der Waals surface area contributed by atoms with E-state index in [4.69, 9.17) is 11.6 Å². The van der Waals surface area contributed by atoms with E-state index < -0.39 is 11.7 Å². The van der Waals surface area contributed by atoms with Gasteiger partial charge in [0.05, 0.1) is 0 Å². The smallest absolute Gasteiger partial charge is 0.353 e. The summed E-state index contributed by atoms with van der Waals surface area (Å²) in [4.78, 5) is 1.53. The summed E-state index contributed by atoms with van der Waals surface area (Å²) in [5, 5.41) is 10.0. The Morgan fingerprint density at radius 1 is 1.42 bits per heavy atom. The van der Waals surface area contributed by atoms with Crippen molar-refractivity contribution in [3.63, 3.8) is 0 Å². The van der Waals surface area contributed by atoms with Crippen molar-refractivity contribution in [3.05, 3.63) is 16.8 Å². The molecule has 0 radical (unpaired) electrons. The highest BCUT2D eigenvalue weighted by molar-refractivity contribution is 6.29. The number of halogens is 4. The number of piperidine rings is 1. The van der Waals surface area contributed by atoms with Crippen LogP contribution in [-0.4, -0.2) is 36.4 Å². The average Bonchev–Trinajstić information content (AvgIpc) is 2.38. The van der Waals surface area contributed by atoms with Crippen LogP contribution in [-0.2, 0) is 6.18 Å². The van der Waals surface area contributed by atoms with Crippen LogP contribution in [0, 0.1) is 0 Å².